The predicted octanol–water partition coefficient (Wildman–Crippen LogP) is 4.06. The smallest absolute Gasteiger partial charge is 0.237 e. The lowest BCUT2D eigenvalue weighted by Gasteiger charge is -2.13. The number of aryl methyl sites for hydroxylation is 1. The molecule has 1 amide bonds. The Morgan fingerprint density at radius 3 is 2.65 bits per heavy atom. The van der Waals surface area contributed by atoms with Crippen LogP contribution in [0.4, 0.5) is 5.69 Å². The van der Waals surface area contributed by atoms with Crippen LogP contribution in [0.15, 0.2) is 59.9 Å². The molecule has 1 heterocycles. The summed E-state index contributed by atoms with van der Waals surface area (Å²) in [6.45, 7) is 3.86. The molecule has 3 rings (SSSR count). The fourth-order valence-corrected chi connectivity index (χ4v) is 3.15. The molecule has 2 aromatic carbocycles. The van der Waals surface area contributed by atoms with Gasteiger partial charge in [0.15, 0.2) is 0 Å². The van der Waals surface area contributed by atoms with E-state index in [2.05, 4.69) is 15.3 Å². The lowest BCUT2D eigenvalue weighted by molar-refractivity contribution is -0.115. The number of aromatic nitrogens is 2. The average Bonchev–Trinajstić information content (AvgIpc) is 2.57. The summed E-state index contributed by atoms with van der Waals surface area (Å²) in [7, 11) is 0. The third-order valence-electron chi connectivity index (χ3n) is 3.57. The predicted molar refractivity (Wildman–Crippen MR) is 94.7 cm³/mol. The molecule has 0 saturated carbocycles. The molecule has 0 spiro atoms. The van der Waals surface area contributed by atoms with E-state index in [4.69, 9.17) is 0 Å². The topological polar surface area (TPSA) is 54.9 Å². The maximum absolute atomic E-state index is 12.4. The zero-order chi connectivity index (χ0) is 16.2. The number of nitrogens with zero attached hydrogens (tertiary/aromatic N) is 2. The molecule has 23 heavy (non-hydrogen) atoms. The molecule has 0 aliphatic rings. The van der Waals surface area contributed by atoms with Crippen molar-refractivity contribution in [1.29, 1.82) is 0 Å². The van der Waals surface area contributed by atoms with E-state index in [9.17, 15) is 4.79 Å². The normalized spacial score (nSPS) is 12.1. The van der Waals surface area contributed by atoms with Gasteiger partial charge in [0.05, 0.1) is 10.8 Å². The molecule has 0 saturated heterocycles. The Labute approximate surface area is 139 Å². The van der Waals surface area contributed by atoms with Crippen LogP contribution in [-0.2, 0) is 4.79 Å². The molecular formula is C18H17N3OS. The Bertz CT molecular complexity index is 845. The van der Waals surface area contributed by atoms with Gasteiger partial charge in [-0.05, 0) is 31.5 Å². The summed E-state index contributed by atoms with van der Waals surface area (Å²) in [5.41, 5.74) is 2.78. The largest absolute Gasteiger partial charge is 0.325 e. The highest BCUT2D eigenvalue weighted by Crippen LogP contribution is 2.28. The van der Waals surface area contributed by atoms with E-state index in [0.29, 0.717) is 0 Å². The van der Waals surface area contributed by atoms with Gasteiger partial charge in [0.2, 0.25) is 5.91 Å². The van der Waals surface area contributed by atoms with Crippen molar-refractivity contribution in [1.82, 2.24) is 9.97 Å². The van der Waals surface area contributed by atoms with Gasteiger partial charge in [-0.2, -0.15) is 0 Å². The summed E-state index contributed by atoms with van der Waals surface area (Å²) in [6, 6.07) is 15.6. The SMILES string of the molecule is Cc1ccccc1NC(=O)[C@H](C)Sc1ncnc2ccccc12. The van der Waals surface area contributed by atoms with E-state index in [1.165, 1.54) is 18.1 Å². The van der Waals surface area contributed by atoms with Gasteiger partial charge in [-0.25, -0.2) is 9.97 Å². The van der Waals surface area contributed by atoms with Gasteiger partial charge in [-0.3, -0.25) is 4.79 Å². The van der Waals surface area contributed by atoms with E-state index >= 15 is 0 Å². The van der Waals surface area contributed by atoms with Crippen LogP contribution in [0.1, 0.15) is 12.5 Å². The number of thioether (sulfide) groups is 1. The van der Waals surface area contributed by atoms with Crippen molar-refractivity contribution >= 4 is 34.3 Å². The van der Waals surface area contributed by atoms with Crippen molar-refractivity contribution in [3.8, 4) is 0 Å². The van der Waals surface area contributed by atoms with E-state index in [1.807, 2.05) is 62.4 Å². The fraction of sp³-hybridized carbons (Fsp3) is 0.167. The molecule has 0 radical (unpaired) electrons. The van der Waals surface area contributed by atoms with E-state index < -0.39 is 0 Å². The van der Waals surface area contributed by atoms with Gasteiger partial charge in [0.25, 0.3) is 0 Å². The fourth-order valence-electron chi connectivity index (χ4n) is 2.24. The Hall–Kier alpha value is -2.40. The lowest BCUT2D eigenvalue weighted by atomic mass is 10.2. The number of benzene rings is 2. The maximum atomic E-state index is 12.4. The summed E-state index contributed by atoms with van der Waals surface area (Å²) < 4.78 is 0. The summed E-state index contributed by atoms with van der Waals surface area (Å²) in [5, 5.41) is 4.51. The number of anilines is 1. The first-order valence-electron chi connectivity index (χ1n) is 7.38. The van der Waals surface area contributed by atoms with Crippen LogP contribution in [0.25, 0.3) is 10.9 Å². The highest BCUT2D eigenvalue weighted by atomic mass is 32.2. The minimum Gasteiger partial charge on any atom is -0.325 e. The second-order valence-electron chi connectivity index (χ2n) is 5.26. The molecule has 3 aromatic rings. The Morgan fingerprint density at radius 2 is 1.83 bits per heavy atom. The Morgan fingerprint density at radius 1 is 1.09 bits per heavy atom. The quantitative estimate of drug-likeness (QED) is 0.581. The highest BCUT2D eigenvalue weighted by Gasteiger charge is 2.17. The molecule has 0 aliphatic carbocycles. The Balaban J connectivity index is 1.77. The third kappa shape index (κ3) is 3.51. The number of hydrogen-bond acceptors (Lipinski definition) is 4. The molecule has 1 atom stereocenters. The molecule has 5 heteroatoms. The van der Waals surface area contributed by atoms with Crippen LogP contribution in [-0.4, -0.2) is 21.1 Å². The summed E-state index contributed by atoms with van der Waals surface area (Å²) in [6.07, 6.45) is 1.54. The van der Waals surface area contributed by atoms with Crippen molar-refractivity contribution in [2.75, 3.05) is 5.32 Å². The van der Waals surface area contributed by atoms with Gasteiger partial charge in [-0.1, -0.05) is 48.2 Å². The number of rotatable bonds is 4. The van der Waals surface area contributed by atoms with Gasteiger partial charge in [0, 0.05) is 11.1 Å². The number of amides is 1. The maximum Gasteiger partial charge on any atom is 0.237 e. The van der Waals surface area contributed by atoms with E-state index in [0.717, 1.165) is 27.2 Å². The van der Waals surface area contributed by atoms with E-state index in [-0.39, 0.29) is 11.2 Å². The average molecular weight is 323 g/mol. The molecule has 0 unspecified atom stereocenters. The van der Waals surface area contributed by atoms with E-state index in [1.54, 1.807) is 0 Å². The monoisotopic (exact) mass is 323 g/mol. The van der Waals surface area contributed by atoms with Gasteiger partial charge in [0.1, 0.15) is 11.4 Å². The number of hydrogen-bond donors (Lipinski definition) is 1. The summed E-state index contributed by atoms with van der Waals surface area (Å²) in [5.74, 6) is -0.0352. The van der Waals surface area contributed by atoms with Gasteiger partial charge < -0.3 is 5.32 Å². The highest BCUT2D eigenvalue weighted by molar-refractivity contribution is 8.00. The first-order chi connectivity index (χ1) is 11.1. The molecule has 4 nitrogen and oxygen atoms in total. The summed E-state index contributed by atoms with van der Waals surface area (Å²) >= 11 is 1.44. The van der Waals surface area contributed by atoms with Gasteiger partial charge in [-0.15, -0.1) is 0 Å². The minimum absolute atomic E-state index is 0.0352. The first-order valence-corrected chi connectivity index (χ1v) is 8.26. The second-order valence-corrected chi connectivity index (χ2v) is 6.59. The van der Waals surface area contributed by atoms with Crippen molar-refractivity contribution < 1.29 is 4.79 Å². The number of nitrogens with one attached hydrogen (secondary N) is 1. The lowest BCUT2D eigenvalue weighted by Crippen LogP contribution is -2.23. The van der Waals surface area contributed by atoms with Crippen LogP contribution in [0, 0.1) is 6.92 Å². The number of fused-ring (bicyclic) bond motifs is 1. The minimum atomic E-state index is -0.257. The van der Waals surface area contributed by atoms with Crippen LogP contribution in [0.5, 0.6) is 0 Å². The zero-order valence-electron chi connectivity index (χ0n) is 13.0. The molecule has 1 aromatic heterocycles. The van der Waals surface area contributed by atoms with Crippen LogP contribution in [0.2, 0.25) is 0 Å². The van der Waals surface area contributed by atoms with Crippen molar-refractivity contribution in [3.05, 3.63) is 60.4 Å². The molecular weight excluding hydrogens is 306 g/mol. The second kappa shape index (κ2) is 6.79. The van der Waals surface area contributed by atoms with Crippen LogP contribution in [0.3, 0.4) is 0 Å². The van der Waals surface area contributed by atoms with Crippen molar-refractivity contribution in [3.63, 3.8) is 0 Å². The molecule has 0 bridgehead atoms. The molecule has 1 N–H and O–H groups in total. The van der Waals surface area contributed by atoms with Crippen molar-refractivity contribution in [2.45, 2.75) is 24.1 Å². The number of para-hydroxylation sites is 2. The zero-order valence-corrected chi connectivity index (χ0v) is 13.8. The van der Waals surface area contributed by atoms with Crippen LogP contribution >= 0.6 is 11.8 Å². The molecule has 0 aliphatic heterocycles. The number of carbonyl (C=O) groups is 1. The third-order valence-corrected chi connectivity index (χ3v) is 4.68. The van der Waals surface area contributed by atoms with Gasteiger partial charge >= 0.3 is 0 Å². The van der Waals surface area contributed by atoms with Crippen molar-refractivity contribution in [2.24, 2.45) is 0 Å². The molecule has 0 fully saturated rings. The number of carbonyl (C=O) groups excluding carboxylic acids is 1. The molecule has 116 valence electrons. The van der Waals surface area contributed by atoms with Crippen LogP contribution < -0.4 is 5.32 Å². The Kier molecular flexibility index (Phi) is 4.57. The first kappa shape index (κ1) is 15.5. The summed E-state index contributed by atoms with van der Waals surface area (Å²) in [4.78, 5) is 21.0. The standard InChI is InChI=1S/C18H17N3OS/c1-12-7-3-5-9-15(12)21-17(22)13(2)23-18-14-8-4-6-10-16(14)19-11-20-18/h3-11,13H,1-2H3,(H,21,22)/t13-/m0/s1.